The lowest BCUT2D eigenvalue weighted by Crippen LogP contribution is -2.12. The SMILES string of the molecule is Cn1cc(C(N)Cc2cn(C)nn2)cn1. The fraction of sp³-hybridized carbons (Fsp3) is 0.444. The van der Waals surface area contributed by atoms with Crippen LogP contribution in [0.2, 0.25) is 0 Å². The van der Waals surface area contributed by atoms with Gasteiger partial charge in [0.15, 0.2) is 0 Å². The predicted molar refractivity (Wildman–Crippen MR) is 54.8 cm³/mol. The third-order valence-electron chi connectivity index (χ3n) is 2.23. The summed E-state index contributed by atoms with van der Waals surface area (Å²) in [4.78, 5) is 0. The molecule has 2 aromatic heterocycles. The fourth-order valence-electron chi connectivity index (χ4n) is 1.46. The number of aromatic nitrogens is 5. The minimum Gasteiger partial charge on any atom is -0.324 e. The van der Waals surface area contributed by atoms with Crippen LogP contribution in [0.15, 0.2) is 18.6 Å². The Balaban J connectivity index is 2.06. The number of nitrogens with two attached hydrogens (primary N) is 1. The quantitative estimate of drug-likeness (QED) is 0.754. The van der Waals surface area contributed by atoms with Crippen molar-refractivity contribution in [2.75, 3.05) is 0 Å². The Morgan fingerprint density at radius 1 is 1.33 bits per heavy atom. The van der Waals surface area contributed by atoms with Gasteiger partial charge in [-0.05, 0) is 0 Å². The Hall–Kier alpha value is -1.69. The van der Waals surface area contributed by atoms with Gasteiger partial charge in [-0.1, -0.05) is 5.21 Å². The van der Waals surface area contributed by atoms with Gasteiger partial charge in [-0.15, -0.1) is 5.10 Å². The van der Waals surface area contributed by atoms with E-state index in [1.807, 2.05) is 26.5 Å². The molecule has 2 rings (SSSR count). The zero-order chi connectivity index (χ0) is 10.8. The van der Waals surface area contributed by atoms with Crippen LogP contribution in [0.5, 0.6) is 0 Å². The van der Waals surface area contributed by atoms with Crippen molar-refractivity contribution in [3.8, 4) is 0 Å². The molecule has 2 N–H and O–H groups in total. The molecule has 0 saturated carbocycles. The molecule has 6 nitrogen and oxygen atoms in total. The second-order valence-electron chi connectivity index (χ2n) is 3.64. The Morgan fingerprint density at radius 2 is 2.13 bits per heavy atom. The van der Waals surface area contributed by atoms with E-state index in [0.717, 1.165) is 11.3 Å². The molecule has 0 aliphatic heterocycles. The molecule has 0 amide bonds. The minimum absolute atomic E-state index is 0.0737. The summed E-state index contributed by atoms with van der Waals surface area (Å²) in [6, 6.07) is -0.0737. The van der Waals surface area contributed by atoms with Crippen LogP contribution in [-0.2, 0) is 20.5 Å². The largest absolute Gasteiger partial charge is 0.324 e. The summed E-state index contributed by atoms with van der Waals surface area (Å²) in [5.41, 5.74) is 7.93. The lowest BCUT2D eigenvalue weighted by molar-refractivity contribution is 0.692. The van der Waals surface area contributed by atoms with E-state index in [9.17, 15) is 0 Å². The molecule has 0 aromatic carbocycles. The summed E-state index contributed by atoms with van der Waals surface area (Å²) < 4.78 is 3.41. The van der Waals surface area contributed by atoms with E-state index in [0.29, 0.717) is 6.42 Å². The van der Waals surface area contributed by atoms with Crippen molar-refractivity contribution in [1.29, 1.82) is 0 Å². The van der Waals surface area contributed by atoms with Crippen LogP contribution in [-0.4, -0.2) is 24.8 Å². The molecule has 15 heavy (non-hydrogen) atoms. The van der Waals surface area contributed by atoms with E-state index in [-0.39, 0.29) is 6.04 Å². The highest BCUT2D eigenvalue weighted by molar-refractivity contribution is 5.12. The van der Waals surface area contributed by atoms with Crippen LogP contribution in [0.3, 0.4) is 0 Å². The van der Waals surface area contributed by atoms with Crippen LogP contribution in [0, 0.1) is 0 Å². The summed E-state index contributed by atoms with van der Waals surface area (Å²) in [5, 5.41) is 11.9. The lowest BCUT2D eigenvalue weighted by Gasteiger charge is -2.05. The zero-order valence-corrected chi connectivity index (χ0v) is 8.83. The molecule has 1 atom stereocenters. The van der Waals surface area contributed by atoms with Crippen molar-refractivity contribution >= 4 is 0 Å². The lowest BCUT2D eigenvalue weighted by atomic mass is 10.1. The van der Waals surface area contributed by atoms with Crippen LogP contribution in [0.25, 0.3) is 0 Å². The molecule has 0 spiro atoms. The molecular weight excluding hydrogens is 192 g/mol. The van der Waals surface area contributed by atoms with Crippen molar-refractivity contribution in [3.05, 3.63) is 29.8 Å². The third-order valence-corrected chi connectivity index (χ3v) is 2.23. The molecule has 0 aliphatic carbocycles. The standard InChI is InChI=1S/C9H14N6/c1-14-5-7(4-11-14)9(10)3-8-6-15(2)13-12-8/h4-6,9H,3,10H2,1-2H3. The molecule has 1 unspecified atom stereocenters. The first kappa shape index (κ1) is 9.85. The number of hydrogen-bond donors (Lipinski definition) is 1. The van der Waals surface area contributed by atoms with Gasteiger partial charge >= 0.3 is 0 Å². The average molecular weight is 206 g/mol. The summed E-state index contributed by atoms with van der Waals surface area (Å²) in [7, 11) is 3.71. The molecular formula is C9H14N6. The first-order valence-electron chi connectivity index (χ1n) is 4.74. The molecule has 2 aromatic rings. The maximum absolute atomic E-state index is 6.02. The fourth-order valence-corrected chi connectivity index (χ4v) is 1.46. The van der Waals surface area contributed by atoms with Crippen LogP contribution in [0.4, 0.5) is 0 Å². The van der Waals surface area contributed by atoms with E-state index in [4.69, 9.17) is 5.73 Å². The smallest absolute Gasteiger partial charge is 0.0845 e. The summed E-state index contributed by atoms with van der Waals surface area (Å²) in [6.07, 6.45) is 6.25. The summed E-state index contributed by atoms with van der Waals surface area (Å²) in [5.74, 6) is 0. The first-order chi connectivity index (χ1) is 7.15. The number of rotatable bonds is 3. The zero-order valence-electron chi connectivity index (χ0n) is 8.83. The molecule has 0 saturated heterocycles. The Labute approximate surface area is 87.7 Å². The van der Waals surface area contributed by atoms with Gasteiger partial charge in [-0.2, -0.15) is 5.10 Å². The molecule has 0 fully saturated rings. The predicted octanol–water partition coefficient (Wildman–Crippen LogP) is -0.209. The second-order valence-corrected chi connectivity index (χ2v) is 3.64. The van der Waals surface area contributed by atoms with Crippen molar-refractivity contribution < 1.29 is 0 Å². The minimum atomic E-state index is -0.0737. The third kappa shape index (κ3) is 2.21. The van der Waals surface area contributed by atoms with Gasteiger partial charge in [0.05, 0.1) is 11.9 Å². The Kier molecular flexibility index (Phi) is 2.51. The van der Waals surface area contributed by atoms with Crippen molar-refractivity contribution in [2.24, 2.45) is 19.8 Å². The monoisotopic (exact) mass is 206 g/mol. The van der Waals surface area contributed by atoms with Crippen LogP contribution >= 0.6 is 0 Å². The van der Waals surface area contributed by atoms with Gasteiger partial charge in [0, 0.05) is 44.5 Å². The summed E-state index contributed by atoms with van der Waals surface area (Å²) >= 11 is 0. The molecule has 0 radical (unpaired) electrons. The highest BCUT2D eigenvalue weighted by Gasteiger charge is 2.10. The Morgan fingerprint density at radius 3 is 2.67 bits per heavy atom. The van der Waals surface area contributed by atoms with Gasteiger partial charge in [-0.25, -0.2) is 0 Å². The number of nitrogens with zero attached hydrogens (tertiary/aromatic N) is 5. The molecule has 0 aliphatic rings. The van der Waals surface area contributed by atoms with Gasteiger partial charge in [0.2, 0.25) is 0 Å². The maximum atomic E-state index is 6.02. The molecule has 6 heteroatoms. The maximum Gasteiger partial charge on any atom is 0.0845 e. The van der Waals surface area contributed by atoms with E-state index < -0.39 is 0 Å². The Bertz CT molecular complexity index is 443. The van der Waals surface area contributed by atoms with Crippen molar-refractivity contribution in [3.63, 3.8) is 0 Å². The molecule has 0 bridgehead atoms. The average Bonchev–Trinajstić information content (AvgIpc) is 2.75. The van der Waals surface area contributed by atoms with E-state index in [1.54, 1.807) is 15.6 Å². The highest BCUT2D eigenvalue weighted by Crippen LogP contribution is 2.12. The van der Waals surface area contributed by atoms with E-state index in [2.05, 4.69) is 15.4 Å². The first-order valence-corrected chi connectivity index (χ1v) is 4.74. The van der Waals surface area contributed by atoms with E-state index >= 15 is 0 Å². The highest BCUT2D eigenvalue weighted by atomic mass is 15.4. The van der Waals surface area contributed by atoms with Crippen molar-refractivity contribution in [2.45, 2.75) is 12.5 Å². The van der Waals surface area contributed by atoms with Gasteiger partial charge in [0.1, 0.15) is 0 Å². The number of aryl methyl sites for hydroxylation is 2. The van der Waals surface area contributed by atoms with Crippen molar-refractivity contribution in [1.82, 2.24) is 24.8 Å². The van der Waals surface area contributed by atoms with Gasteiger partial charge in [-0.3, -0.25) is 9.36 Å². The second kappa shape index (κ2) is 3.82. The molecule has 80 valence electrons. The van der Waals surface area contributed by atoms with Crippen LogP contribution < -0.4 is 5.73 Å². The topological polar surface area (TPSA) is 74.5 Å². The van der Waals surface area contributed by atoms with Crippen LogP contribution in [0.1, 0.15) is 17.3 Å². The van der Waals surface area contributed by atoms with Gasteiger partial charge < -0.3 is 5.73 Å². The van der Waals surface area contributed by atoms with E-state index in [1.165, 1.54) is 0 Å². The molecule has 2 heterocycles. The number of hydrogen-bond acceptors (Lipinski definition) is 4. The normalized spacial score (nSPS) is 13.0. The van der Waals surface area contributed by atoms with Gasteiger partial charge in [0.25, 0.3) is 0 Å². The summed E-state index contributed by atoms with van der Waals surface area (Å²) in [6.45, 7) is 0.